The van der Waals surface area contributed by atoms with Crippen LogP contribution in [0.4, 0.5) is 0 Å². The second kappa shape index (κ2) is 59.5. The molecular weight excluding hydrogens is 1380 g/mol. The minimum Gasteiger partial charge on any atom is -1.00 e. The Morgan fingerprint density at radius 2 is 1.12 bits per heavy atom. The molecule has 376 valence electrons. The summed E-state index contributed by atoms with van der Waals surface area (Å²) < 4.78 is 61.6. The van der Waals surface area contributed by atoms with Gasteiger partial charge in [0, 0.05) is 84.1 Å². The number of phenolic OH excluding ortho intramolecular Hbond substituents is 1. The van der Waals surface area contributed by atoms with E-state index >= 15 is 0 Å². The van der Waals surface area contributed by atoms with Crippen molar-refractivity contribution in [2.75, 3.05) is 47.8 Å². The van der Waals surface area contributed by atoms with Crippen LogP contribution >= 0.6 is 85.0 Å². The third-order valence-corrected chi connectivity index (χ3v) is 10.8. The first-order chi connectivity index (χ1) is 31.1. The summed E-state index contributed by atoms with van der Waals surface area (Å²) in [5.41, 5.74) is 0. The van der Waals surface area contributed by atoms with E-state index in [0.29, 0.717) is 25.6 Å². The summed E-state index contributed by atoms with van der Waals surface area (Å²) in [6.45, 7) is 22.4. The number of aromatic hydroxyl groups is 1. The van der Waals surface area contributed by atoms with Crippen molar-refractivity contribution >= 4 is 157 Å². The third kappa shape index (κ3) is 44.2. The molecule has 67 heavy (non-hydrogen) atoms. The minimum absolute atomic E-state index is 0. The normalized spacial score (nSPS) is 10.9. The molecule has 0 amide bonds. The van der Waals surface area contributed by atoms with Crippen molar-refractivity contribution in [3.05, 3.63) is 125 Å². The predicted molar refractivity (Wildman–Crippen MR) is 314 cm³/mol. The van der Waals surface area contributed by atoms with Gasteiger partial charge in [0.1, 0.15) is 17.2 Å². The average Bonchev–Trinajstić information content (AvgIpc) is 3.30. The molecule has 0 aliphatic heterocycles. The molecule has 5 atom stereocenters. The number of para-hydroxylation sites is 4. The number of hydrogen-bond donors (Lipinski definition) is 1. The van der Waals surface area contributed by atoms with Gasteiger partial charge in [0.15, 0.2) is 37.7 Å². The summed E-state index contributed by atoms with van der Waals surface area (Å²) in [6, 6.07) is 32.7. The van der Waals surface area contributed by atoms with Gasteiger partial charge in [0.25, 0.3) is 0 Å². The molecule has 4 rings (SSSR count). The maximum absolute atomic E-state index is 8.87. The molecule has 0 saturated carbocycles. The molecule has 1 N–H and O–H groups in total. The van der Waals surface area contributed by atoms with E-state index in [1.807, 2.05) is 141 Å². The smallest absolute Gasteiger partial charge is 1.00 e. The maximum atomic E-state index is 8.87. The second-order valence-electron chi connectivity index (χ2n) is 10.9. The van der Waals surface area contributed by atoms with Gasteiger partial charge in [-0.1, -0.05) is 62.9 Å². The molecule has 0 heterocycles. The van der Waals surface area contributed by atoms with Crippen LogP contribution in [-0.4, -0.2) is 128 Å². The molecule has 0 aliphatic carbocycles. The van der Waals surface area contributed by atoms with Gasteiger partial charge in [-0.3, -0.25) is 0 Å². The summed E-state index contributed by atoms with van der Waals surface area (Å²) in [4.78, 5) is 0. The minimum atomic E-state index is -2.91. The first-order valence-corrected chi connectivity index (χ1v) is 33.1. The van der Waals surface area contributed by atoms with Crippen molar-refractivity contribution in [3.63, 3.8) is 0 Å². The number of phenols is 1. The molecule has 0 aromatic heterocycles. The van der Waals surface area contributed by atoms with Crippen molar-refractivity contribution in [1.29, 1.82) is 1.28 Å². The zero-order chi connectivity index (χ0) is 50.5. The van der Waals surface area contributed by atoms with E-state index in [2.05, 4.69) is 107 Å². The molecule has 11 nitrogen and oxygen atoms in total. The molecule has 4 aromatic carbocycles. The van der Waals surface area contributed by atoms with Gasteiger partial charge < -0.3 is 71.4 Å². The zero-order valence-corrected chi connectivity index (χ0v) is 56.6. The molecule has 5 unspecified atom stereocenters. The average molecular weight is 1460 g/mol. The van der Waals surface area contributed by atoms with Gasteiger partial charge in [-0.15, -0.1) is 12.1 Å². The summed E-state index contributed by atoms with van der Waals surface area (Å²) in [6.07, 6.45) is 0.681. The van der Waals surface area contributed by atoms with E-state index < -0.39 is 15.8 Å². The van der Waals surface area contributed by atoms with Gasteiger partial charge in [-0.05, 0) is 111 Å². The standard InChI is InChI=1S/C13H22O5Si.C10H13BrO2.C10H13O2.C6H5BrO.C4H8O.C2H6.BrH.I2.2Mg.H2P2S.2H/c1-6-17-11(2)18-12-9-7-8-10-13(12)19(14-3,15-4)16-5;1-3-12-8(2)13-10-7-5-4-6-9(10)11;1-3-11-9(2)12-10-7-5-4-6-8-10;7-5-3-1-2-4-6(5)8;1-3-5-4-2;1-2;;1-2;;;1-2-3;;/h7-11H,6H2,1-5H3;4-8H,3H2,1-2H3;4-7,9H,3H2,1-2H3;1-4,8H;3H,1,4H2,2H3;1-2H3;1H;;;;1H2;;/q;;-1;;;;;;2*+2;;2*-1/i/hT. The number of halogens is 5. The Morgan fingerprint density at radius 3 is 1.46 bits per heavy atom. The van der Waals surface area contributed by atoms with Gasteiger partial charge in [-0.25, -0.2) is 0 Å². The molecule has 0 spiro atoms. The van der Waals surface area contributed by atoms with Gasteiger partial charge >= 0.3 is 56.2 Å². The molecule has 22 heteroatoms. The summed E-state index contributed by atoms with van der Waals surface area (Å²) in [5, 5.41) is 9.66. The largest absolute Gasteiger partial charge is 2.00 e. The molecule has 0 bridgehead atoms. The van der Waals surface area contributed by atoms with E-state index in [1.54, 1.807) is 39.5 Å². The Hall–Kier alpha value is 0.979. The van der Waals surface area contributed by atoms with Gasteiger partial charge in [0.05, 0.1) is 35.9 Å². The van der Waals surface area contributed by atoms with E-state index in [9.17, 15) is 0 Å². The van der Waals surface area contributed by atoms with Crippen LogP contribution in [0.25, 0.3) is 0 Å². The number of rotatable bonds is 18. The van der Waals surface area contributed by atoms with Crippen LogP contribution in [0, 0.1) is 6.07 Å². The topological polar surface area (TPSA) is 113 Å². The van der Waals surface area contributed by atoms with Crippen LogP contribution in [0.15, 0.2) is 119 Å². The Kier molecular flexibility index (Phi) is 70.6. The molecule has 0 saturated heterocycles. The van der Waals surface area contributed by atoms with Gasteiger partial charge in [-0.2, -0.15) is 18.2 Å². The van der Waals surface area contributed by atoms with Crippen molar-refractivity contribution in [1.82, 2.24) is 0 Å². The molecular formula is C45H72Br3I2Mg2O11P2SSi+. The van der Waals surface area contributed by atoms with Crippen molar-refractivity contribution in [2.45, 2.75) is 81.2 Å². The number of hydrogen-bond acceptors (Lipinski definition) is 12. The quantitative estimate of drug-likeness (QED) is 0.0256. The van der Waals surface area contributed by atoms with Crippen LogP contribution in [-0.2, 0) is 44.0 Å². The summed E-state index contributed by atoms with van der Waals surface area (Å²) in [5.74, 6) is 2.47. The fourth-order valence-electron chi connectivity index (χ4n) is 4.30. The maximum Gasteiger partial charge on any atom is 2.00 e. The number of ether oxygens (including phenoxy) is 7. The van der Waals surface area contributed by atoms with Crippen molar-refractivity contribution in [3.8, 4) is 23.0 Å². The van der Waals surface area contributed by atoms with Crippen LogP contribution in [0.1, 0.15) is 65.2 Å². The fourth-order valence-corrected chi connectivity index (χ4v) is 6.87. The van der Waals surface area contributed by atoms with Crippen LogP contribution in [0.2, 0.25) is 0 Å². The predicted octanol–water partition coefficient (Wildman–Crippen LogP) is 10.5. The van der Waals surface area contributed by atoms with Crippen molar-refractivity contribution in [2.24, 2.45) is 0 Å². The first kappa shape index (κ1) is 79.4. The fraction of sp³-hybridized carbons (Fsp3) is 0.422. The van der Waals surface area contributed by atoms with E-state index in [-0.39, 0.29) is 90.6 Å². The SMILES string of the molecule is C=COCC.CC.CCOC(C)Oc1[c-]cccc1.CCOC(C)Oc1ccccc1Br.CCOC(C)Oc1ccccc1[Si](OC)(OC)OC.II.Oc1ccccc1Br.[3H][P+](P)=S.[Br-].[H-].[H-].[Mg+2].[Mg+2]. The Balaban J connectivity index is -0.0000000935. The molecule has 4 aromatic rings. The summed E-state index contributed by atoms with van der Waals surface area (Å²) >= 11 is 15.1. The number of benzene rings is 4. The Morgan fingerprint density at radius 1 is 0.731 bits per heavy atom. The van der Waals surface area contributed by atoms with E-state index in [4.69, 9.17) is 48.1 Å². The monoisotopic (exact) mass is 1450 g/mol. The van der Waals surface area contributed by atoms with Gasteiger partial charge in [0.2, 0.25) is 0 Å². The van der Waals surface area contributed by atoms with E-state index in [0.717, 1.165) is 32.2 Å². The Labute approximate surface area is 500 Å². The first-order valence-electron chi connectivity index (χ1n) is 20.4. The summed E-state index contributed by atoms with van der Waals surface area (Å²) in [7, 11) is 4.01. The molecule has 0 radical (unpaired) electrons. The molecule has 0 fully saturated rings. The van der Waals surface area contributed by atoms with Crippen LogP contribution in [0.3, 0.4) is 0 Å². The second-order valence-corrected chi connectivity index (χ2v) is 18.2. The van der Waals surface area contributed by atoms with Crippen LogP contribution in [0.5, 0.6) is 23.0 Å². The molecule has 0 aliphatic rings. The van der Waals surface area contributed by atoms with Crippen LogP contribution < -0.4 is 36.4 Å². The van der Waals surface area contributed by atoms with E-state index in [1.165, 1.54) is 6.26 Å². The Bertz CT molecular complexity index is 1700. The zero-order valence-electron chi connectivity index (χ0n) is 43.8. The van der Waals surface area contributed by atoms with Crippen molar-refractivity contribution < 1.29 is 71.4 Å². The third-order valence-electron chi connectivity index (χ3n) is 6.76.